The Bertz CT molecular complexity index is 755. The minimum Gasteiger partial charge on any atom is -0.317 e. The second-order valence-electron chi connectivity index (χ2n) is 4.95. The summed E-state index contributed by atoms with van der Waals surface area (Å²) in [5.41, 5.74) is 5.49. The third kappa shape index (κ3) is 4.66. The average Bonchev–Trinajstić information content (AvgIpc) is 2.53. The van der Waals surface area contributed by atoms with E-state index in [0.717, 1.165) is 16.7 Å². The molecular weight excluding hydrogens is 314 g/mol. The van der Waals surface area contributed by atoms with Gasteiger partial charge in [0.15, 0.2) is 0 Å². The van der Waals surface area contributed by atoms with Gasteiger partial charge in [-0.2, -0.15) is 5.10 Å². The molecule has 2 rings (SSSR count). The number of benzene rings is 2. The number of rotatable bonds is 3. The van der Waals surface area contributed by atoms with Crippen LogP contribution in [0.1, 0.15) is 16.7 Å². The van der Waals surface area contributed by atoms with Crippen molar-refractivity contribution in [3.8, 4) is 0 Å². The predicted octanol–water partition coefficient (Wildman–Crippen LogP) is 3.05. The molecule has 0 unspecified atom stereocenters. The Hall–Kier alpha value is -2.66. The Morgan fingerprint density at radius 3 is 2.43 bits per heavy atom. The summed E-state index contributed by atoms with van der Waals surface area (Å²) in [6.07, 6.45) is 1.43. The normalized spacial score (nSPS) is 10.6. The van der Waals surface area contributed by atoms with Crippen molar-refractivity contribution in [2.24, 2.45) is 5.10 Å². The van der Waals surface area contributed by atoms with E-state index in [9.17, 15) is 9.59 Å². The third-order valence-electron chi connectivity index (χ3n) is 3.31. The standard InChI is InChI=1S/C17H16ClN3O2/c1-11-4-3-5-15(12(11)2)20-16(22)17(23)21-19-10-13-6-8-14(18)9-7-13/h3-10H,1-2H3,(H,20,22)(H,21,23). The third-order valence-corrected chi connectivity index (χ3v) is 3.56. The number of halogens is 1. The van der Waals surface area contributed by atoms with Crippen LogP contribution in [0.15, 0.2) is 47.6 Å². The van der Waals surface area contributed by atoms with Crippen molar-refractivity contribution in [2.45, 2.75) is 13.8 Å². The molecule has 2 amide bonds. The highest BCUT2D eigenvalue weighted by molar-refractivity contribution is 6.39. The molecule has 0 spiro atoms. The van der Waals surface area contributed by atoms with Crippen molar-refractivity contribution < 1.29 is 9.59 Å². The van der Waals surface area contributed by atoms with E-state index in [1.807, 2.05) is 26.0 Å². The quantitative estimate of drug-likeness (QED) is 0.516. The van der Waals surface area contributed by atoms with E-state index in [1.165, 1.54) is 6.21 Å². The van der Waals surface area contributed by atoms with Crippen LogP contribution in [0.3, 0.4) is 0 Å². The van der Waals surface area contributed by atoms with Crippen LogP contribution in [0.4, 0.5) is 5.69 Å². The van der Waals surface area contributed by atoms with Crippen LogP contribution in [-0.2, 0) is 9.59 Å². The Labute approximate surface area is 139 Å². The monoisotopic (exact) mass is 329 g/mol. The number of nitrogens with zero attached hydrogens (tertiary/aromatic N) is 1. The van der Waals surface area contributed by atoms with Crippen LogP contribution in [0.25, 0.3) is 0 Å². The summed E-state index contributed by atoms with van der Waals surface area (Å²) < 4.78 is 0. The Kier molecular flexibility index (Phi) is 5.49. The lowest BCUT2D eigenvalue weighted by Crippen LogP contribution is -2.32. The molecule has 0 saturated carbocycles. The van der Waals surface area contributed by atoms with Crippen molar-refractivity contribution >= 4 is 35.3 Å². The highest BCUT2D eigenvalue weighted by Crippen LogP contribution is 2.17. The van der Waals surface area contributed by atoms with Gasteiger partial charge in [-0.3, -0.25) is 9.59 Å². The van der Waals surface area contributed by atoms with Gasteiger partial charge in [-0.05, 0) is 48.7 Å². The number of carbonyl (C=O) groups excluding carboxylic acids is 2. The van der Waals surface area contributed by atoms with Gasteiger partial charge in [0, 0.05) is 10.7 Å². The summed E-state index contributed by atoms with van der Waals surface area (Å²) in [4.78, 5) is 23.6. The van der Waals surface area contributed by atoms with Crippen molar-refractivity contribution in [3.63, 3.8) is 0 Å². The minimum absolute atomic E-state index is 0.604. The summed E-state index contributed by atoms with van der Waals surface area (Å²) in [7, 11) is 0. The molecule has 0 saturated heterocycles. The van der Waals surface area contributed by atoms with Crippen molar-refractivity contribution in [3.05, 3.63) is 64.2 Å². The van der Waals surface area contributed by atoms with E-state index >= 15 is 0 Å². The summed E-state index contributed by atoms with van der Waals surface area (Å²) >= 11 is 5.77. The molecule has 0 aliphatic carbocycles. The molecule has 0 atom stereocenters. The zero-order chi connectivity index (χ0) is 16.8. The van der Waals surface area contributed by atoms with Gasteiger partial charge in [-0.1, -0.05) is 35.9 Å². The van der Waals surface area contributed by atoms with E-state index in [4.69, 9.17) is 11.6 Å². The van der Waals surface area contributed by atoms with Crippen LogP contribution in [0, 0.1) is 13.8 Å². The van der Waals surface area contributed by atoms with Gasteiger partial charge in [0.05, 0.1) is 6.21 Å². The molecule has 2 N–H and O–H groups in total. The van der Waals surface area contributed by atoms with Crippen molar-refractivity contribution in [1.82, 2.24) is 5.43 Å². The molecule has 0 bridgehead atoms. The largest absolute Gasteiger partial charge is 0.329 e. The topological polar surface area (TPSA) is 70.6 Å². The lowest BCUT2D eigenvalue weighted by molar-refractivity contribution is -0.136. The first-order valence-electron chi connectivity index (χ1n) is 6.93. The fourth-order valence-electron chi connectivity index (χ4n) is 1.83. The van der Waals surface area contributed by atoms with Gasteiger partial charge in [0.2, 0.25) is 0 Å². The summed E-state index contributed by atoms with van der Waals surface area (Å²) in [6.45, 7) is 3.81. The number of aryl methyl sites for hydroxylation is 1. The van der Waals surface area contributed by atoms with E-state index in [2.05, 4.69) is 15.8 Å². The second kappa shape index (κ2) is 7.56. The molecular formula is C17H16ClN3O2. The van der Waals surface area contributed by atoms with Gasteiger partial charge in [0.1, 0.15) is 0 Å². The maximum absolute atomic E-state index is 11.8. The summed E-state index contributed by atoms with van der Waals surface area (Å²) in [5.74, 6) is -1.61. The first-order valence-corrected chi connectivity index (χ1v) is 7.31. The molecule has 0 aliphatic heterocycles. The number of amides is 2. The summed E-state index contributed by atoms with van der Waals surface area (Å²) in [5, 5.41) is 6.92. The number of nitrogens with one attached hydrogen (secondary N) is 2. The predicted molar refractivity (Wildman–Crippen MR) is 91.7 cm³/mol. The highest BCUT2D eigenvalue weighted by atomic mass is 35.5. The maximum Gasteiger partial charge on any atom is 0.329 e. The number of hydrogen-bond donors (Lipinski definition) is 2. The molecule has 0 aliphatic rings. The molecule has 0 heterocycles. The SMILES string of the molecule is Cc1cccc(NC(=O)C(=O)NN=Cc2ccc(Cl)cc2)c1C. The van der Waals surface area contributed by atoms with Gasteiger partial charge in [-0.15, -0.1) is 0 Å². The zero-order valence-corrected chi connectivity index (χ0v) is 13.5. The number of anilines is 1. The number of carbonyl (C=O) groups is 2. The van der Waals surface area contributed by atoms with Crippen LogP contribution in [-0.4, -0.2) is 18.0 Å². The number of hydrazone groups is 1. The van der Waals surface area contributed by atoms with Crippen LogP contribution in [0.2, 0.25) is 5.02 Å². The molecule has 23 heavy (non-hydrogen) atoms. The minimum atomic E-state index is -0.837. The molecule has 5 nitrogen and oxygen atoms in total. The Balaban J connectivity index is 1.94. The van der Waals surface area contributed by atoms with Crippen LogP contribution < -0.4 is 10.7 Å². The Morgan fingerprint density at radius 2 is 1.74 bits per heavy atom. The molecule has 2 aromatic rings. The zero-order valence-electron chi connectivity index (χ0n) is 12.8. The van der Waals surface area contributed by atoms with Gasteiger partial charge < -0.3 is 5.32 Å². The molecule has 2 aromatic carbocycles. The van der Waals surface area contributed by atoms with E-state index < -0.39 is 11.8 Å². The fraction of sp³-hybridized carbons (Fsp3) is 0.118. The van der Waals surface area contributed by atoms with Gasteiger partial charge in [0.25, 0.3) is 0 Å². The van der Waals surface area contributed by atoms with Crippen LogP contribution >= 0.6 is 11.6 Å². The Morgan fingerprint density at radius 1 is 1.04 bits per heavy atom. The molecule has 118 valence electrons. The van der Waals surface area contributed by atoms with E-state index in [0.29, 0.717) is 10.7 Å². The summed E-state index contributed by atoms with van der Waals surface area (Å²) in [6, 6.07) is 12.4. The molecule has 0 aromatic heterocycles. The second-order valence-corrected chi connectivity index (χ2v) is 5.39. The first kappa shape index (κ1) is 16.7. The van der Waals surface area contributed by atoms with E-state index in [-0.39, 0.29) is 0 Å². The average molecular weight is 330 g/mol. The van der Waals surface area contributed by atoms with Gasteiger partial charge >= 0.3 is 11.8 Å². The van der Waals surface area contributed by atoms with Gasteiger partial charge in [-0.25, -0.2) is 5.43 Å². The highest BCUT2D eigenvalue weighted by Gasteiger charge is 2.14. The number of hydrogen-bond acceptors (Lipinski definition) is 3. The lowest BCUT2D eigenvalue weighted by Gasteiger charge is -2.09. The van der Waals surface area contributed by atoms with Crippen LogP contribution in [0.5, 0.6) is 0 Å². The molecule has 6 heteroatoms. The maximum atomic E-state index is 11.8. The van der Waals surface area contributed by atoms with Crippen molar-refractivity contribution in [2.75, 3.05) is 5.32 Å². The molecule has 0 fully saturated rings. The van der Waals surface area contributed by atoms with Crippen molar-refractivity contribution in [1.29, 1.82) is 0 Å². The van der Waals surface area contributed by atoms with E-state index in [1.54, 1.807) is 30.3 Å². The smallest absolute Gasteiger partial charge is 0.317 e. The lowest BCUT2D eigenvalue weighted by atomic mass is 10.1. The first-order chi connectivity index (χ1) is 11.0. The fourth-order valence-corrected chi connectivity index (χ4v) is 1.96. The molecule has 0 radical (unpaired) electrons.